The lowest BCUT2D eigenvalue weighted by Gasteiger charge is -2.19. The summed E-state index contributed by atoms with van der Waals surface area (Å²) in [5.41, 5.74) is 1.29. The third-order valence-electron chi connectivity index (χ3n) is 2.98. The Hall–Kier alpha value is -0.350. The van der Waals surface area contributed by atoms with Gasteiger partial charge in [-0.25, -0.2) is 0 Å². The summed E-state index contributed by atoms with van der Waals surface area (Å²) in [6.45, 7) is 7.71. The van der Waals surface area contributed by atoms with Crippen LogP contribution in [0.2, 0.25) is 0 Å². The molecule has 0 radical (unpaired) electrons. The van der Waals surface area contributed by atoms with Crippen molar-refractivity contribution in [3.8, 4) is 0 Å². The van der Waals surface area contributed by atoms with E-state index in [1.165, 1.54) is 12.1 Å². The van der Waals surface area contributed by atoms with Crippen molar-refractivity contribution < 1.29 is 0 Å². The number of hydrogen-bond acceptors (Lipinski definition) is 2. The first-order valence-electron chi connectivity index (χ1n) is 6.48. The van der Waals surface area contributed by atoms with Crippen LogP contribution in [0.3, 0.4) is 0 Å². The molecule has 0 amide bonds. The number of nitrogens with one attached hydrogen (secondary N) is 1. The minimum absolute atomic E-state index is 0.390. The monoisotopic (exact) mass is 301 g/mol. The van der Waals surface area contributed by atoms with Crippen molar-refractivity contribution in [1.29, 1.82) is 0 Å². The van der Waals surface area contributed by atoms with Gasteiger partial charge in [0.25, 0.3) is 0 Å². The number of rotatable bonds is 7. The Bertz CT molecular complexity index is 333. The number of halogens is 1. The van der Waals surface area contributed by atoms with Crippen molar-refractivity contribution in [1.82, 2.24) is 15.1 Å². The van der Waals surface area contributed by atoms with Gasteiger partial charge in [0.15, 0.2) is 0 Å². The van der Waals surface area contributed by atoms with Crippen molar-refractivity contribution >= 4 is 15.9 Å². The summed E-state index contributed by atoms with van der Waals surface area (Å²) < 4.78 is 3.24. The summed E-state index contributed by atoms with van der Waals surface area (Å²) in [6.07, 6.45) is 5.41. The van der Waals surface area contributed by atoms with E-state index in [2.05, 4.69) is 51.8 Å². The molecule has 17 heavy (non-hydrogen) atoms. The summed E-state index contributed by atoms with van der Waals surface area (Å²) in [5.74, 6) is 0.743. The normalized spacial score (nSPS) is 13.3. The van der Waals surface area contributed by atoms with Crippen LogP contribution >= 0.6 is 15.9 Å². The highest BCUT2D eigenvalue weighted by Gasteiger charge is 2.18. The Morgan fingerprint density at radius 2 is 2.12 bits per heavy atom. The molecule has 98 valence electrons. The van der Waals surface area contributed by atoms with Gasteiger partial charge in [0.2, 0.25) is 0 Å². The van der Waals surface area contributed by atoms with Crippen molar-refractivity contribution in [2.24, 2.45) is 5.92 Å². The van der Waals surface area contributed by atoms with E-state index in [4.69, 9.17) is 0 Å². The van der Waals surface area contributed by atoms with Gasteiger partial charge in [-0.3, -0.25) is 4.68 Å². The molecule has 0 aromatic carbocycles. The van der Waals surface area contributed by atoms with Gasteiger partial charge in [0.1, 0.15) is 0 Å². The fourth-order valence-electron chi connectivity index (χ4n) is 2.03. The van der Waals surface area contributed by atoms with Crippen LogP contribution in [-0.4, -0.2) is 16.8 Å². The molecule has 0 saturated carbocycles. The van der Waals surface area contributed by atoms with Gasteiger partial charge in [0.05, 0.1) is 22.4 Å². The number of hydrogen-bond donors (Lipinski definition) is 1. The molecule has 1 rings (SSSR count). The lowest BCUT2D eigenvalue weighted by Crippen LogP contribution is -2.21. The van der Waals surface area contributed by atoms with Crippen molar-refractivity contribution in [3.63, 3.8) is 0 Å². The first-order chi connectivity index (χ1) is 8.10. The summed E-state index contributed by atoms with van der Waals surface area (Å²) >= 11 is 3.61. The van der Waals surface area contributed by atoms with E-state index in [1.807, 2.05) is 13.2 Å². The van der Waals surface area contributed by atoms with Gasteiger partial charge in [-0.15, -0.1) is 0 Å². The van der Waals surface area contributed by atoms with Crippen LogP contribution in [-0.2, 0) is 6.54 Å². The molecule has 0 bridgehead atoms. The molecule has 1 heterocycles. The van der Waals surface area contributed by atoms with Gasteiger partial charge in [-0.2, -0.15) is 5.10 Å². The van der Waals surface area contributed by atoms with Gasteiger partial charge < -0.3 is 5.32 Å². The van der Waals surface area contributed by atoms with Crippen LogP contribution in [0.1, 0.15) is 51.8 Å². The molecule has 1 unspecified atom stereocenters. The molecule has 1 atom stereocenters. The molecule has 1 aromatic heterocycles. The Kier molecular flexibility index (Phi) is 6.20. The van der Waals surface area contributed by atoms with E-state index < -0.39 is 0 Å². The second kappa shape index (κ2) is 7.17. The van der Waals surface area contributed by atoms with Gasteiger partial charge in [-0.05, 0) is 48.2 Å². The predicted octanol–water partition coefficient (Wildman–Crippen LogP) is 3.75. The zero-order valence-electron chi connectivity index (χ0n) is 11.3. The molecule has 0 aliphatic heterocycles. The van der Waals surface area contributed by atoms with Gasteiger partial charge in [0, 0.05) is 6.54 Å². The second-order valence-corrected chi connectivity index (χ2v) is 5.77. The van der Waals surface area contributed by atoms with Gasteiger partial charge >= 0.3 is 0 Å². The first kappa shape index (κ1) is 14.7. The highest BCUT2D eigenvalue weighted by molar-refractivity contribution is 9.10. The van der Waals surface area contributed by atoms with E-state index >= 15 is 0 Å². The third kappa shape index (κ3) is 4.11. The molecule has 0 aliphatic carbocycles. The predicted molar refractivity (Wildman–Crippen MR) is 76.1 cm³/mol. The summed E-state index contributed by atoms with van der Waals surface area (Å²) in [6, 6.07) is 0.390. The average molecular weight is 302 g/mol. The fraction of sp³-hybridized carbons (Fsp3) is 0.769. The van der Waals surface area contributed by atoms with Crippen molar-refractivity contribution in [2.45, 2.75) is 52.6 Å². The van der Waals surface area contributed by atoms with Crippen LogP contribution in [0.5, 0.6) is 0 Å². The molecule has 0 spiro atoms. The van der Waals surface area contributed by atoms with Crippen molar-refractivity contribution in [3.05, 3.63) is 16.4 Å². The lowest BCUT2D eigenvalue weighted by atomic mass is 10.0. The average Bonchev–Trinajstić information content (AvgIpc) is 2.63. The highest BCUT2D eigenvalue weighted by Crippen LogP contribution is 2.27. The SMILES string of the molecule is CCCn1ncc(Br)c1C(CCC(C)C)NC. The van der Waals surface area contributed by atoms with E-state index in [-0.39, 0.29) is 0 Å². The second-order valence-electron chi connectivity index (χ2n) is 4.91. The zero-order chi connectivity index (χ0) is 12.8. The van der Waals surface area contributed by atoms with E-state index in [0.717, 1.165) is 29.8 Å². The number of nitrogens with zero attached hydrogens (tertiary/aromatic N) is 2. The smallest absolute Gasteiger partial charge is 0.0695 e. The maximum Gasteiger partial charge on any atom is 0.0695 e. The molecule has 1 N–H and O–H groups in total. The number of aromatic nitrogens is 2. The Balaban J connectivity index is 2.82. The zero-order valence-corrected chi connectivity index (χ0v) is 12.9. The van der Waals surface area contributed by atoms with Gasteiger partial charge in [-0.1, -0.05) is 20.8 Å². The minimum atomic E-state index is 0.390. The molecule has 1 aromatic rings. The van der Waals surface area contributed by atoms with E-state index in [1.54, 1.807) is 0 Å². The van der Waals surface area contributed by atoms with Crippen LogP contribution in [0.4, 0.5) is 0 Å². The molecule has 4 heteroatoms. The van der Waals surface area contributed by atoms with E-state index in [9.17, 15) is 0 Å². The molecular weight excluding hydrogens is 278 g/mol. The Labute approximate surface area is 113 Å². The molecular formula is C13H24BrN3. The molecule has 0 fully saturated rings. The van der Waals surface area contributed by atoms with Crippen LogP contribution in [0.15, 0.2) is 10.7 Å². The third-order valence-corrected chi connectivity index (χ3v) is 3.59. The topological polar surface area (TPSA) is 29.9 Å². The first-order valence-corrected chi connectivity index (χ1v) is 7.27. The lowest BCUT2D eigenvalue weighted by molar-refractivity contribution is 0.430. The number of aryl methyl sites for hydroxylation is 1. The summed E-state index contributed by atoms with van der Waals surface area (Å²) in [5, 5.41) is 7.84. The van der Waals surface area contributed by atoms with Crippen LogP contribution < -0.4 is 5.32 Å². The molecule has 0 aliphatic rings. The highest BCUT2D eigenvalue weighted by atomic mass is 79.9. The van der Waals surface area contributed by atoms with Crippen molar-refractivity contribution in [2.75, 3.05) is 7.05 Å². The maximum atomic E-state index is 4.43. The Morgan fingerprint density at radius 3 is 2.65 bits per heavy atom. The standard InChI is InChI=1S/C13H24BrN3/c1-5-8-17-13(11(14)9-16-17)12(15-4)7-6-10(2)3/h9-10,12,15H,5-8H2,1-4H3. The Morgan fingerprint density at radius 1 is 1.41 bits per heavy atom. The molecule has 0 saturated heterocycles. The quantitative estimate of drug-likeness (QED) is 0.831. The van der Waals surface area contributed by atoms with Crippen LogP contribution in [0, 0.1) is 5.92 Å². The van der Waals surface area contributed by atoms with Crippen LogP contribution in [0.25, 0.3) is 0 Å². The summed E-state index contributed by atoms with van der Waals surface area (Å²) in [7, 11) is 2.03. The fourth-order valence-corrected chi connectivity index (χ4v) is 2.60. The molecule has 3 nitrogen and oxygen atoms in total. The summed E-state index contributed by atoms with van der Waals surface area (Å²) in [4.78, 5) is 0. The largest absolute Gasteiger partial charge is 0.312 e. The minimum Gasteiger partial charge on any atom is -0.312 e. The van der Waals surface area contributed by atoms with E-state index in [0.29, 0.717) is 6.04 Å². The maximum absolute atomic E-state index is 4.43.